The second kappa shape index (κ2) is 8.93. The number of hydrogen-bond donors (Lipinski definition) is 2. The van der Waals surface area contributed by atoms with E-state index in [2.05, 4.69) is 10.6 Å². The lowest BCUT2D eigenvalue weighted by molar-refractivity contribution is 0.100. The molecule has 33 heavy (non-hydrogen) atoms. The van der Waals surface area contributed by atoms with Crippen LogP contribution in [0, 0.1) is 10.8 Å². The summed E-state index contributed by atoms with van der Waals surface area (Å²) < 4.78 is 7.81. The highest BCUT2D eigenvalue weighted by atomic mass is 16.5. The summed E-state index contributed by atoms with van der Waals surface area (Å²) in [7, 11) is 0. The van der Waals surface area contributed by atoms with E-state index >= 15 is 0 Å². The van der Waals surface area contributed by atoms with Crippen LogP contribution in [0.3, 0.4) is 0 Å². The molecule has 9 nitrogen and oxygen atoms in total. The first-order valence-corrected chi connectivity index (χ1v) is 11.2. The largest absolute Gasteiger partial charge is 0.457 e. The quantitative estimate of drug-likeness (QED) is 0.549. The van der Waals surface area contributed by atoms with Crippen molar-refractivity contribution in [1.29, 1.82) is 0 Å². The lowest BCUT2D eigenvalue weighted by Gasteiger charge is -2.36. The van der Waals surface area contributed by atoms with Crippen molar-refractivity contribution in [1.82, 2.24) is 14.8 Å². The van der Waals surface area contributed by atoms with E-state index in [0.29, 0.717) is 41.8 Å². The molecule has 1 aromatic heterocycles. The molecule has 1 saturated heterocycles. The number of carbonyl (C=O) groups is 1. The smallest absolute Gasteiger partial charge is 0.254 e. The molecule has 0 aliphatic carbocycles. The number of anilines is 1. The number of carbonyl (C=O) groups excluding carboxylic acids is 1. The van der Waals surface area contributed by atoms with Crippen LogP contribution in [0.1, 0.15) is 35.7 Å². The van der Waals surface area contributed by atoms with Crippen LogP contribution < -0.4 is 15.8 Å². The average Bonchev–Trinajstić information content (AvgIpc) is 3.25. The number of nitroso groups, excluding NO2 is 1. The Kier molecular flexibility index (Phi) is 5.68. The number of piperidine rings is 1. The predicted octanol–water partition coefficient (Wildman–Crippen LogP) is 4.19. The molecular weight excluding hydrogens is 420 g/mol. The molecule has 3 heterocycles. The summed E-state index contributed by atoms with van der Waals surface area (Å²) >= 11 is 0. The van der Waals surface area contributed by atoms with Crippen molar-refractivity contribution in [2.75, 3.05) is 25.0 Å². The molecule has 2 aliphatic rings. The summed E-state index contributed by atoms with van der Waals surface area (Å²) in [5, 5.41) is 12.8. The van der Waals surface area contributed by atoms with Crippen molar-refractivity contribution in [2.24, 2.45) is 16.9 Å². The maximum Gasteiger partial charge on any atom is 0.254 e. The van der Waals surface area contributed by atoms with E-state index in [-0.39, 0.29) is 6.04 Å². The summed E-state index contributed by atoms with van der Waals surface area (Å²) in [4.78, 5) is 23.3. The third-order valence-corrected chi connectivity index (χ3v) is 6.49. The van der Waals surface area contributed by atoms with E-state index in [1.807, 2.05) is 59.3 Å². The van der Waals surface area contributed by atoms with Gasteiger partial charge >= 0.3 is 0 Å². The molecular formula is C24H26N6O3. The number of ether oxygens (including phenoxy) is 1. The zero-order valence-corrected chi connectivity index (χ0v) is 18.2. The van der Waals surface area contributed by atoms with Gasteiger partial charge in [-0.05, 0) is 61.6 Å². The fourth-order valence-corrected chi connectivity index (χ4v) is 4.83. The molecule has 1 fully saturated rings. The lowest BCUT2D eigenvalue weighted by Crippen LogP contribution is -2.36. The lowest BCUT2D eigenvalue weighted by atomic mass is 9.87. The van der Waals surface area contributed by atoms with Gasteiger partial charge < -0.3 is 15.8 Å². The fourth-order valence-electron chi connectivity index (χ4n) is 4.83. The van der Waals surface area contributed by atoms with Crippen molar-refractivity contribution in [3.8, 4) is 22.8 Å². The zero-order valence-electron chi connectivity index (χ0n) is 18.2. The zero-order chi connectivity index (χ0) is 22.8. The SMILES string of the molecule is NC(=O)c1c(-c2ccc(Oc3ccccc3)cc2)nn2c1NCC[C@H]2C1CCN(N=O)CC1. The molecule has 5 rings (SSSR count). The summed E-state index contributed by atoms with van der Waals surface area (Å²) in [6.45, 7) is 2.03. The summed E-state index contributed by atoms with van der Waals surface area (Å²) in [6.07, 6.45) is 2.63. The standard InChI is InChI=1S/C24H26N6O3/c25-23(31)21-22(17-6-8-19(9-7-17)33-18-4-2-1-3-5-18)27-30-20(10-13-26-24(21)30)16-11-14-29(28-32)15-12-16/h1-9,16,20,26H,10-15H2,(H2,25,31)/t20-/m0/s1. The van der Waals surface area contributed by atoms with Gasteiger partial charge in [0.05, 0.1) is 11.3 Å². The Bertz CT molecular complexity index is 1140. The number of aromatic nitrogens is 2. The summed E-state index contributed by atoms with van der Waals surface area (Å²) in [5.74, 6) is 1.97. The van der Waals surface area contributed by atoms with Gasteiger partial charge in [0.2, 0.25) is 0 Å². The number of primary amides is 1. The number of nitrogens with two attached hydrogens (primary N) is 1. The average molecular weight is 447 g/mol. The van der Waals surface area contributed by atoms with E-state index in [4.69, 9.17) is 15.6 Å². The highest BCUT2D eigenvalue weighted by molar-refractivity contribution is 6.03. The molecule has 3 N–H and O–H groups in total. The minimum atomic E-state index is -0.510. The number of fused-ring (bicyclic) bond motifs is 1. The second-order valence-corrected chi connectivity index (χ2v) is 8.48. The van der Waals surface area contributed by atoms with Gasteiger partial charge in [0.25, 0.3) is 5.91 Å². The van der Waals surface area contributed by atoms with E-state index < -0.39 is 5.91 Å². The van der Waals surface area contributed by atoms with Crippen molar-refractivity contribution >= 4 is 11.7 Å². The van der Waals surface area contributed by atoms with Crippen molar-refractivity contribution in [3.63, 3.8) is 0 Å². The number of rotatable bonds is 6. The van der Waals surface area contributed by atoms with Gasteiger partial charge in [0.15, 0.2) is 0 Å². The highest BCUT2D eigenvalue weighted by Crippen LogP contribution is 2.40. The monoisotopic (exact) mass is 446 g/mol. The molecule has 1 atom stereocenters. The van der Waals surface area contributed by atoms with Crippen LogP contribution in [0.4, 0.5) is 5.82 Å². The first-order chi connectivity index (χ1) is 16.1. The van der Waals surface area contributed by atoms with Gasteiger partial charge in [-0.3, -0.25) is 9.80 Å². The molecule has 0 saturated carbocycles. The van der Waals surface area contributed by atoms with Gasteiger partial charge in [-0.1, -0.05) is 18.2 Å². The molecule has 0 spiro atoms. The molecule has 2 aromatic carbocycles. The third-order valence-electron chi connectivity index (χ3n) is 6.49. The number of amides is 1. The van der Waals surface area contributed by atoms with Crippen molar-refractivity contribution < 1.29 is 9.53 Å². The number of nitrogens with zero attached hydrogens (tertiary/aromatic N) is 4. The van der Waals surface area contributed by atoms with Crippen LogP contribution in [0.15, 0.2) is 59.9 Å². The first-order valence-electron chi connectivity index (χ1n) is 11.2. The van der Waals surface area contributed by atoms with Gasteiger partial charge in [-0.2, -0.15) is 5.10 Å². The van der Waals surface area contributed by atoms with Gasteiger partial charge in [-0.25, -0.2) is 4.68 Å². The van der Waals surface area contributed by atoms with Gasteiger partial charge in [0, 0.05) is 25.2 Å². The number of nitrogens with one attached hydrogen (secondary N) is 1. The van der Waals surface area contributed by atoms with E-state index in [1.54, 1.807) is 5.01 Å². The Morgan fingerprint density at radius 1 is 1.03 bits per heavy atom. The van der Waals surface area contributed by atoms with Crippen molar-refractivity contribution in [3.05, 3.63) is 65.1 Å². The molecule has 0 bridgehead atoms. The minimum absolute atomic E-state index is 0.141. The maximum atomic E-state index is 12.5. The number of benzene rings is 2. The number of para-hydroxylation sites is 1. The highest BCUT2D eigenvalue weighted by Gasteiger charge is 2.35. The number of hydrogen-bond acceptors (Lipinski definition) is 6. The normalized spacial score (nSPS) is 18.3. The van der Waals surface area contributed by atoms with Gasteiger partial charge in [-0.15, -0.1) is 4.91 Å². The summed E-state index contributed by atoms with van der Waals surface area (Å²) in [6, 6.07) is 17.2. The van der Waals surface area contributed by atoms with E-state index in [0.717, 1.165) is 37.1 Å². The second-order valence-electron chi connectivity index (χ2n) is 8.48. The Morgan fingerprint density at radius 2 is 1.73 bits per heavy atom. The minimum Gasteiger partial charge on any atom is -0.457 e. The first kappa shape index (κ1) is 21.0. The van der Waals surface area contributed by atoms with Crippen LogP contribution >= 0.6 is 0 Å². The molecule has 0 unspecified atom stereocenters. The molecule has 3 aromatic rings. The molecule has 170 valence electrons. The Labute approximate surface area is 191 Å². The van der Waals surface area contributed by atoms with Crippen LogP contribution in [0.5, 0.6) is 11.5 Å². The maximum absolute atomic E-state index is 12.5. The Balaban J connectivity index is 1.44. The van der Waals surface area contributed by atoms with Gasteiger partial charge in [0.1, 0.15) is 28.6 Å². The Morgan fingerprint density at radius 3 is 2.39 bits per heavy atom. The van der Waals surface area contributed by atoms with Crippen LogP contribution in [0.25, 0.3) is 11.3 Å². The van der Waals surface area contributed by atoms with Crippen LogP contribution in [-0.4, -0.2) is 40.3 Å². The topological polar surface area (TPSA) is 115 Å². The van der Waals surface area contributed by atoms with E-state index in [9.17, 15) is 9.70 Å². The molecule has 9 heteroatoms. The van der Waals surface area contributed by atoms with E-state index in [1.165, 1.54) is 0 Å². The van der Waals surface area contributed by atoms with Crippen LogP contribution in [0.2, 0.25) is 0 Å². The Hall–Kier alpha value is -3.88. The molecule has 0 radical (unpaired) electrons. The van der Waals surface area contributed by atoms with Crippen LogP contribution in [-0.2, 0) is 0 Å². The summed E-state index contributed by atoms with van der Waals surface area (Å²) in [5.41, 5.74) is 7.57. The predicted molar refractivity (Wildman–Crippen MR) is 125 cm³/mol. The molecule has 2 aliphatic heterocycles. The van der Waals surface area contributed by atoms with Crippen molar-refractivity contribution in [2.45, 2.75) is 25.3 Å². The third kappa shape index (κ3) is 4.13. The molecule has 1 amide bonds. The fraction of sp³-hybridized carbons (Fsp3) is 0.333.